The number of hydrogen-bond acceptors (Lipinski definition) is 5. The summed E-state index contributed by atoms with van der Waals surface area (Å²) in [5.74, 6) is 0.672. The van der Waals surface area contributed by atoms with E-state index >= 15 is 0 Å². The van der Waals surface area contributed by atoms with E-state index < -0.39 is 0 Å². The minimum absolute atomic E-state index is 0.672. The summed E-state index contributed by atoms with van der Waals surface area (Å²) in [6.45, 7) is 0. The van der Waals surface area contributed by atoms with Gasteiger partial charge in [0.1, 0.15) is 11.3 Å². The maximum absolute atomic E-state index is 6.81. The van der Waals surface area contributed by atoms with Crippen molar-refractivity contribution in [1.29, 1.82) is 0 Å². The molecule has 0 bridgehead atoms. The number of pyridine rings is 1. The minimum Gasteiger partial charge on any atom is -0.454 e. The Balaban J connectivity index is 1.03. The van der Waals surface area contributed by atoms with Gasteiger partial charge in [0, 0.05) is 58.6 Å². The Kier molecular flexibility index (Phi) is 8.00. The van der Waals surface area contributed by atoms with E-state index in [0.29, 0.717) is 5.82 Å². The topological polar surface area (TPSA) is 51.8 Å². The number of fused-ring (bicyclic) bond motifs is 8. The fourth-order valence-electron chi connectivity index (χ4n) is 8.61. The van der Waals surface area contributed by atoms with Gasteiger partial charge in [-0.1, -0.05) is 158 Å². The van der Waals surface area contributed by atoms with Gasteiger partial charge in [-0.05, 0) is 64.7 Å². The van der Waals surface area contributed by atoms with Crippen LogP contribution in [0.3, 0.4) is 0 Å². The molecule has 280 valence electrons. The number of nitrogens with zero attached hydrogens (tertiary/aromatic N) is 3. The van der Waals surface area contributed by atoms with Crippen molar-refractivity contribution >= 4 is 64.4 Å². The summed E-state index contributed by atoms with van der Waals surface area (Å²) < 4.78 is 9.39. The highest BCUT2D eigenvalue weighted by atomic mass is 32.1. The van der Waals surface area contributed by atoms with Gasteiger partial charge in [0.25, 0.3) is 0 Å². The van der Waals surface area contributed by atoms with Gasteiger partial charge in [0.2, 0.25) is 0 Å². The van der Waals surface area contributed by atoms with Crippen molar-refractivity contribution in [3.8, 4) is 67.4 Å². The van der Waals surface area contributed by atoms with Crippen molar-refractivity contribution in [2.45, 2.75) is 0 Å². The number of para-hydroxylation sites is 1. The smallest absolute Gasteiger partial charge is 0.162 e. The molecule has 4 nitrogen and oxygen atoms in total. The molecule has 0 spiro atoms. The zero-order valence-corrected chi connectivity index (χ0v) is 33.0. The molecule has 0 radical (unpaired) electrons. The lowest BCUT2D eigenvalue weighted by atomic mass is 9.94. The van der Waals surface area contributed by atoms with Gasteiger partial charge in [-0.15, -0.1) is 11.3 Å². The molecule has 0 N–H and O–H groups in total. The number of furan rings is 1. The molecular formula is C55H33N3OS. The van der Waals surface area contributed by atoms with Crippen LogP contribution in [-0.4, -0.2) is 15.0 Å². The summed E-state index contributed by atoms with van der Waals surface area (Å²) in [7, 11) is 0. The van der Waals surface area contributed by atoms with E-state index in [1.165, 1.54) is 25.7 Å². The molecule has 0 atom stereocenters. The molecule has 0 saturated carbocycles. The van der Waals surface area contributed by atoms with Crippen LogP contribution < -0.4 is 0 Å². The predicted octanol–water partition coefficient (Wildman–Crippen LogP) is 15.3. The SMILES string of the molecule is c1ccc(-c2ccc(-c3cc(-c4cccc(-c5nc6cccc(-c7ccc8sc9ccccc9c8c7)c6c6c5oc5ccccc56)c4)nc(-c4ccccc4)n3)cc2)cc1. The van der Waals surface area contributed by atoms with Crippen LogP contribution in [0.15, 0.2) is 205 Å². The predicted molar refractivity (Wildman–Crippen MR) is 250 cm³/mol. The first-order valence-corrected chi connectivity index (χ1v) is 20.9. The molecule has 12 aromatic rings. The van der Waals surface area contributed by atoms with E-state index in [4.69, 9.17) is 19.4 Å². The number of aromatic nitrogens is 3. The van der Waals surface area contributed by atoms with Crippen molar-refractivity contribution in [2.24, 2.45) is 0 Å². The van der Waals surface area contributed by atoms with Gasteiger partial charge in [-0.3, -0.25) is 0 Å². The lowest BCUT2D eigenvalue weighted by Gasteiger charge is -2.13. The van der Waals surface area contributed by atoms with Gasteiger partial charge in [0.05, 0.1) is 16.9 Å². The van der Waals surface area contributed by atoms with Crippen LogP contribution in [0, 0.1) is 0 Å². The quantitative estimate of drug-likeness (QED) is 0.169. The third-order valence-electron chi connectivity index (χ3n) is 11.5. The van der Waals surface area contributed by atoms with Crippen molar-refractivity contribution in [3.05, 3.63) is 200 Å². The standard InChI is InChI=1S/C55H33N3OS/c1-3-13-34(14-4-1)35-25-27-36(28-26-35)46-33-47(58-55(57-46)37-15-5-2-6-16-37)39-17-11-18-40(31-39)53-54-52(43-20-7-9-23-48(43)59-54)51-41(21-12-22-45(51)56-53)38-29-30-50-44(32-38)42-19-8-10-24-49(42)60-50/h1-33H. The fourth-order valence-corrected chi connectivity index (χ4v) is 9.69. The van der Waals surface area contributed by atoms with Crippen LogP contribution in [0.2, 0.25) is 0 Å². The Hall–Kier alpha value is -7.73. The third-order valence-corrected chi connectivity index (χ3v) is 12.7. The summed E-state index contributed by atoms with van der Waals surface area (Å²) >= 11 is 1.84. The Morgan fingerprint density at radius 1 is 0.367 bits per heavy atom. The summed E-state index contributed by atoms with van der Waals surface area (Å²) in [5, 5.41) is 5.77. The van der Waals surface area contributed by atoms with Gasteiger partial charge in [-0.25, -0.2) is 15.0 Å². The van der Waals surface area contributed by atoms with Crippen molar-refractivity contribution < 1.29 is 4.42 Å². The molecule has 0 fully saturated rings. The molecule has 0 aliphatic rings. The lowest BCUT2D eigenvalue weighted by molar-refractivity contribution is 0.669. The van der Waals surface area contributed by atoms with Crippen LogP contribution in [0.4, 0.5) is 0 Å². The molecule has 0 aliphatic heterocycles. The highest BCUT2D eigenvalue weighted by Crippen LogP contribution is 2.44. The second kappa shape index (κ2) is 14.0. The first-order chi connectivity index (χ1) is 29.7. The van der Waals surface area contributed by atoms with E-state index in [1.807, 2.05) is 47.7 Å². The van der Waals surface area contributed by atoms with E-state index in [-0.39, 0.29) is 0 Å². The Bertz CT molecular complexity index is 3590. The lowest BCUT2D eigenvalue weighted by Crippen LogP contribution is -1.96. The fraction of sp³-hybridized carbons (Fsp3) is 0. The average molecular weight is 784 g/mol. The average Bonchev–Trinajstić information content (AvgIpc) is 3.90. The molecule has 60 heavy (non-hydrogen) atoms. The summed E-state index contributed by atoms with van der Waals surface area (Å²) in [5.41, 5.74) is 13.5. The summed E-state index contributed by atoms with van der Waals surface area (Å²) in [6.07, 6.45) is 0. The maximum atomic E-state index is 6.81. The second-order valence-corrected chi connectivity index (χ2v) is 16.2. The molecule has 4 aromatic heterocycles. The van der Waals surface area contributed by atoms with Crippen LogP contribution in [0.25, 0.3) is 120 Å². The Morgan fingerprint density at radius 2 is 0.983 bits per heavy atom. The Labute approximate surface area is 349 Å². The van der Waals surface area contributed by atoms with E-state index in [9.17, 15) is 0 Å². The van der Waals surface area contributed by atoms with E-state index in [1.54, 1.807) is 0 Å². The number of hydrogen-bond donors (Lipinski definition) is 0. The zero-order chi connectivity index (χ0) is 39.6. The van der Waals surface area contributed by atoms with Gasteiger partial charge in [-0.2, -0.15) is 0 Å². The number of thiophene rings is 1. The van der Waals surface area contributed by atoms with E-state index in [0.717, 1.165) is 88.9 Å². The number of rotatable bonds is 6. The first-order valence-electron chi connectivity index (χ1n) is 20.1. The zero-order valence-electron chi connectivity index (χ0n) is 32.2. The molecule has 8 aromatic carbocycles. The van der Waals surface area contributed by atoms with Crippen molar-refractivity contribution in [3.63, 3.8) is 0 Å². The molecule has 0 unspecified atom stereocenters. The summed E-state index contributed by atoms with van der Waals surface area (Å²) in [4.78, 5) is 15.7. The number of benzene rings is 8. The minimum atomic E-state index is 0.672. The van der Waals surface area contributed by atoms with Crippen molar-refractivity contribution in [2.75, 3.05) is 0 Å². The molecule has 0 saturated heterocycles. The molecule has 4 heterocycles. The van der Waals surface area contributed by atoms with E-state index in [2.05, 4.69) is 164 Å². The monoisotopic (exact) mass is 783 g/mol. The molecule has 5 heteroatoms. The van der Waals surface area contributed by atoms with Crippen LogP contribution >= 0.6 is 11.3 Å². The highest BCUT2D eigenvalue weighted by Gasteiger charge is 2.21. The summed E-state index contributed by atoms with van der Waals surface area (Å²) in [6, 6.07) is 70.1. The first kappa shape index (κ1) is 34.3. The maximum Gasteiger partial charge on any atom is 0.162 e. The normalized spacial score (nSPS) is 11.7. The Morgan fingerprint density at radius 3 is 1.82 bits per heavy atom. The second-order valence-electron chi connectivity index (χ2n) is 15.1. The molecular weight excluding hydrogens is 751 g/mol. The van der Waals surface area contributed by atoms with Gasteiger partial charge in [0.15, 0.2) is 11.4 Å². The van der Waals surface area contributed by atoms with Crippen molar-refractivity contribution in [1.82, 2.24) is 15.0 Å². The molecule has 0 aliphatic carbocycles. The van der Waals surface area contributed by atoms with Gasteiger partial charge < -0.3 is 4.42 Å². The van der Waals surface area contributed by atoms with Crippen LogP contribution in [0.5, 0.6) is 0 Å². The van der Waals surface area contributed by atoms with Gasteiger partial charge >= 0.3 is 0 Å². The molecule has 0 amide bonds. The van der Waals surface area contributed by atoms with Crippen LogP contribution in [0.1, 0.15) is 0 Å². The highest BCUT2D eigenvalue weighted by molar-refractivity contribution is 7.25. The largest absolute Gasteiger partial charge is 0.454 e. The van der Waals surface area contributed by atoms with Crippen LogP contribution in [-0.2, 0) is 0 Å². The molecule has 12 rings (SSSR count). The third kappa shape index (κ3) is 5.78.